The summed E-state index contributed by atoms with van der Waals surface area (Å²) in [6.45, 7) is 0. The van der Waals surface area contributed by atoms with Crippen molar-refractivity contribution < 1.29 is 75.7 Å². The van der Waals surface area contributed by atoms with Gasteiger partial charge in [0.05, 0.1) is 45.5 Å². The van der Waals surface area contributed by atoms with Crippen LogP contribution in [0, 0.1) is 0 Å². The second-order valence-electron chi connectivity index (χ2n) is 21.0. The van der Waals surface area contributed by atoms with Gasteiger partial charge in [0, 0.05) is 73.9 Å². The van der Waals surface area contributed by atoms with Crippen LogP contribution in [0.15, 0.2) is 234 Å². The fourth-order valence-corrected chi connectivity index (χ4v) is 11.5. The molecule has 12 aromatic carbocycles. The van der Waals surface area contributed by atoms with Gasteiger partial charge >= 0.3 is 17.9 Å². The molecular formula is C73H51ClN3O14-. The number of hydrogen-bond acceptors (Lipinski definition) is 16. The molecule has 0 bridgehead atoms. The van der Waals surface area contributed by atoms with E-state index < -0.39 is 29.3 Å². The number of ketones is 1. The number of carbonyl (C=O) groups is 4. The van der Waals surface area contributed by atoms with Crippen molar-refractivity contribution >= 4 is 95.0 Å². The number of carbonyl (C=O) groups excluding carboxylic acids is 3. The highest BCUT2D eigenvalue weighted by Crippen LogP contribution is 2.58. The Bertz CT molecular complexity index is 5170. The first-order valence-corrected chi connectivity index (χ1v) is 27.8. The lowest BCUT2D eigenvalue weighted by Gasteiger charge is -2.37. The van der Waals surface area contributed by atoms with Gasteiger partial charge in [-0.1, -0.05) is 115 Å². The van der Waals surface area contributed by atoms with E-state index in [0.717, 1.165) is 38.1 Å². The van der Waals surface area contributed by atoms with Crippen LogP contribution in [0.25, 0.3) is 65.4 Å². The Balaban J connectivity index is 0.000000130. The Hall–Kier alpha value is -12.3. The average molecular weight is 1230 g/mol. The summed E-state index contributed by atoms with van der Waals surface area (Å²) in [7, 11) is 1.35. The number of ether oxygens (including phenoxy) is 3. The van der Waals surface area contributed by atoms with Gasteiger partial charge < -0.3 is 73.8 Å². The first kappa shape index (κ1) is 60.4. The number of anilines is 3. The molecule has 15 rings (SSSR count). The summed E-state index contributed by atoms with van der Waals surface area (Å²) >= 11 is 0. The highest BCUT2D eigenvalue weighted by molar-refractivity contribution is 6.18. The molecule has 1 unspecified atom stereocenters. The zero-order valence-electron chi connectivity index (χ0n) is 47.9. The molecule has 13 aromatic rings. The van der Waals surface area contributed by atoms with Gasteiger partial charge in [0.25, 0.3) is 0 Å². The summed E-state index contributed by atoms with van der Waals surface area (Å²) in [4.78, 5) is 61.3. The van der Waals surface area contributed by atoms with Crippen LogP contribution in [0.1, 0.15) is 63.7 Å². The first-order chi connectivity index (χ1) is 43.5. The number of phenolic OH excluding ortho intramolecular Hbond substituents is 4. The van der Waals surface area contributed by atoms with E-state index in [-0.39, 0.29) is 57.5 Å². The number of phenols is 4. The predicted molar refractivity (Wildman–Crippen MR) is 344 cm³/mol. The largest absolute Gasteiger partial charge is 1.00 e. The number of nitrogen functional groups attached to an aromatic ring is 3. The lowest BCUT2D eigenvalue weighted by molar-refractivity contribution is -0.0000967. The summed E-state index contributed by atoms with van der Waals surface area (Å²) < 4.78 is 23.6. The number of methoxy groups -OCH3 is 1. The fourth-order valence-electron chi connectivity index (χ4n) is 11.5. The third kappa shape index (κ3) is 10.8. The number of aromatic hydroxyl groups is 4. The molecule has 91 heavy (non-hydrogen) atoms. The molecular weight excluding hydrogens is 1180 g/mol. The molecule has 3 heterocycles. The van der Waals surface area contributed by atoms with Crippen molar-refractivity contribution in [1.82, 2.24) is 0 Å². The molecule has 0 saturated heterocycles. The second kappa shape index (κ2) is 24.4. The zero-order valence-corrected chi connectivity index (χ0v) is 48.6. The first-order valence-electron chi connectivity index (χ1n) is 27.8. The van der Waals surface area contributed by atoms with Crippen LogP contribution in [-0.2, 0) is 15.1 Å². The summed E-state index contributed by atoms with van der Waals surface area (Å²) in [5.74, 6) is -1.57. The Kier molecular flexibility index (Phi) is 16.2. The molecule has 17 nitrogen and oxygen atoms in total. The number of benzene rings is 12. The molecule has 1 aromatic heterocycles. The van der Waals surface area contributed by atoms with E-state index >= 15 is 0 Å². The number of nitrogens with two attached hydrogens (primary N) is 3. The maximum Gasteiger partial charge on any atom is 0.340 e. The minimum atomic E-state index is -1.20. The molecule has 0 aliphatic carbocycles. The summed E-state index contributed by atoms with van der Waals surface area (Å²) in [5, 5.41) is 53.7. The molecule has 0 radical (unpaired) electrons. The normalized spacial score (nSPS) is 13.1. The lowest BCUT2D eigenvalue weighted by atomic mass is 9.77. The molecule has 2 aliphatic rings. The van der Waals surface area contributed by atoms with Crippen molar-refractivity contribution in [3.63, 3.8) is 0 Å². The van der Waals surface area contributed by atoms with E-state index in [1.54, 1.807) is 91.0 Å². The Morgan fingerprint density at radius 3 is 1.68 bits per heavy atom. The van der Waals surface area contributed by atoms with Gasteiger partial charge in [-0.05, 0) is 113 Å². The lowest BCUT2D eigenvalue weighted by Crippen LogP contribution is -3.00. The molecule has 0 saturated carbocycles. The third-order valence-corrected chi connectivity index (χ3v) is 15.6. The number of carboxylic acids is 1. The van der Waals surface area contributed by atoms with Gasteiger partial charge in [-0.25, -0.2) is 14.4 Å². The Morgan fingerprint density at radius 1 is 0.473 bits per heavy atom. The Labute approximate surface area is 523 Å². The van der Waals surface area contributed by atoms with Gasteiger partial charge in [-0.3, -0.25) is 9.59 Å². The zero-order chi connectivity index (χ0) is 63.1. The molecule has 0 fully saturated rings. The number of carboxylic acid groups (broad SMARTS) is 1. The number of esters is 2. The molecule has 0 amide bonds. The van der Waals surface area contributed by atoms with Crippen molar-refractivity contribution in [1.29, 1.82) is 0 Å². The molecule has 18 heteroatoms. The number of rotatable bonds is 5. The number of hydrogen-bond donors (Lipinski definition) is 8. The smallest absolute Gasteiger partial charge is 0.340 e. The van der Waals surface area contributed by atoms with Gasteiger partial charge in [0.2, 0.25) is 0 Å². The maximum absolute atomic E-state index is 12.8. The number of fused-ring (bicyclic) bond motifs is 13. The molecule has 1 spiro atoms. The third-order valence-electron chi connectivity index (χ3n) is 15.6. The van der Waals surface area contributed by atoms with Crippen LogP contribution in [0.4, 0.5) is 17.1 Å². The topological polar surface area (TPSA) is 305 Å². The number of aromatic carboxylic acids is 1. The van der Waals surface area contributed by atoms with Crippen molar-refractivity contribution in [3.05, 3.63) is 279 Å². The fraction of sp³-hybridized carbons (Fsp3) is 0.0274. The molecule has 2 aliphatic heterocycles. The van der Waals surface area contributed by atoms with Gasteiger partial charge in [0.1, 0.15) is 45.7 Å². The quantitative estimate of drug-likeness (QED) is 0.0261. The summed E-state index contributed by atoms with van der Waals surface area (Å²) in [6.07, 6.45) is 0. The van der Waals surface area contributed by atoms with Crippen LogP contribution in [0.3, 0.4) is 0 Å². The van der Waals surface area contributed by atoms with E-state index in [9.17, 15) is 44.4 Å². The van der Waals surface area contributed by atoms with E-state index in [0.29, 0.717) is 83.7 Å². The highest BCUT2D eigenvalue weighted by atomic mass is 35.5. The summed E-state index contributed by atoms with van der Waals surface area (Å²) in [6, 6.07) is 63.5. The number of halogens is 1. The summed E-state index contributed by atoms with van der Waals surface area (Å²) in [5.41, 5.74) is 23.1. The van der Waals surface area contributed by atoms with Gasteiger partial charge in [-0.15, -0.1) is 0 Å². The molecule has 1 atom stereocenters. The predicted octanol–water partition coefficient (Wildman–Crippen LogP) is 11.0. The van der Waals surface area contributed by atoms with E-state index in [2.05, 4.69) is 0 Å². The molecule has 11 N–H and O–H groups in total. The van der Waals surface area contributed by atoms with Crippen molar-refractivity contribution in [3.8, 4) is 45.6 Å². The van der Waals surface area contributed by atoms with Crippen molar-refractivity contribution in [2.45, 2.75) is 5.60 Å². The van der Waals surface area contributed by atoms with Crippen LogP contribution >= 0.6 is 0 Å². The van der Waals surface area contributed by atoms with Crippen molar-refractivity contribution in [2.75, 3.05) is 24.3 Å². The van der Waals surface area contributed by atoms with Crippen LogP contribution < -0.4 is 39.8 Å². The van der Waals surface area contributed by atoms with E-state index in [1.165, 1.54) is 49.6 Å². The minimum absolute atomic E-state index is 0. The van der Waals surface area contributed by atoms with Crippen LogP contribution in [-0.4, -0.2) is 56.3 Å². The molecule has 450 valence electrons. The highest BCUT2D eigenvalue weighted by Gasteiger charge is 2.54. The average Bonchev–Trinajstić information content (AvgIpc) is 1.70. The van der Waals surface area contributed by atoms with E-state index in [4.69, 9.17) is 40.9 Å². The monoisotopic (exact) mass is 1230 g/mol. The second-order valence-corrected chi connectivity index (χ2v) is 21.0. The maximum atomic E-state index is 12.8. The van der Waals surface area contributed by atoms with Crippen molar-refractivity contribution in [2.24, 2.45) is 0 Å². The van der Waals surface area contributed by atoms with Crippen LogP contribution in [0.5, 0.6) is 34.5 Å². The Morgan fingerprint density at radius 2 is 1.01 bits per heavy atom. The van der Waals surface area contributed by atoms with Gasteiger partial charge in [0.15, 0.2) is 16.8 Å². The van der Waals surface area contributed by atoms with E-state index in [1.807, 2.05) is 91.0 Å². The van der Waals surface area contributed by atoms with Crippen LogP contribution in [0.2, 0.25) is 0 Å². The van der Waals surface area contributed by atoms with Gasteiger partial charge in [-0.2, -0.15) is 0 Å². The standard InChI is InChI=1S/C25H17NO4.C24H15NO4.C14H11NO4.C10H8O2.ClH/c1-29-25(28)17-7-3-2-6-16(17)23-18-12-10-15(26)13-21(18)30-24-19(23)11-9-14-5-4-8-20(27)22(14)24;25-14-9-11-17-20(12-14)28-22-18(10-8-13-4-3-7-19(26)21(13)22)24(17)16-6-2-1-5-15(16)23(27)29-24;15-8-5-6-11(12(16)7-8)13(17)9-3-1-2-4-10(9)14(18)19;11-8-5-1-3-7-4-2-6-9(12)10(7)8;/h2-13H,26H2,1H3;1-12,26H,25H2;1-7,16H,15H2,(H,18,19);1-6,11-12H;1H/p-1. The minimum Gasteiger partial charge on any atom is -1.00 e. The SMILES string of the molecule is COC(=O)c1ccccc1-c1c2ccc(N)cc2oc2c1ccc1cccc(=O)c12.Nc1ccc(C(=O)c2ccccc2C(=O)O)c(O)c1.Nc1ccc2c(c1)Oc1c(ccc3cccc(O)c13)C21OC(=O)c2ccccc21.Oc1cccc2cccc(O)c12.[Cl-].